The molecule has 2 rings (SSSR count). The van der Waals surface area contributed by atoms with Crippen molar-refractivity contribution in [3.05, 3.63) is 41.0 Å². The monoisotopic (exact) mass is 260 g/mol. The number of phenolic OH excluding ortho intramolecular Hbond substituents is 1. The van der Waals surface area contributed by atoms with Crippen molar-refractivity contribution in [2.45, 2.75) is 26.2 Å². The number of hydrogen-bond donors (Lipinski definition) is 2. The van der Waals surface area contributed by atoms with E-state index in [-0.39, 0.29) is 17.1 Å². The lowest BCUT2D eigenvalue weighted by atomic mass is 9.82. The van der Waals surface area contributed by atoms with Crippen LogP contribution in [0.5, 0.6) is 5.75 Å². The zero-order valence-electron chi connectivity index (χ0n) is 10.9. The molecule has 1 aromatic rings. The predicted octanol–water partition coefficient (Wildman–Crippen LogP) is 2.49. The minimum absolute atomic E-state index is 0.0344. The topological polar surface area (TPSA) is 74.6 Å². The molecule has 0 heterocycles. The van der Waals surface area contributed by atoms with E-state index in [2.05, 4.69) is 0 Å². The quantitative estimate of drug-likeness (QED) is 0.875. The number of rotatable bonds is 3. The van der Waals surface area contributed by atoms with Gasteiger partial charge < -0.3 is 10.2 Å². The molecule has 0 saturated carbocycles. The lowest BCUT2D eigenvalue weighted by molar-refractivity contribution is -0.133. The van der Waals surface area contributed by atoms with E-state index in [1.54, 1.807) is 25.1 Å². The highest BCUT2D eigenvalue weighted by molar-refractivity contribution is 5.94. The lowest BCUT2D eigenvalue weighted by Gasteiger charge is -2.20. The number of carboxylic acids is 1. The number of phenols is 1. The molecule has 19 heavy (non-hydrogen) atoms. The van der Waals surface area contributed by atoms with E-state index in [4.69, 9.17) is 0 Å². The molecule has 0 bridgehead atoms. The van der Waals surface area contributed by atoms with Crippen LogP contribution in [0.15, 0.2) is 35.4 Å². The van der Waals surface area contributed by atoms with Gasteiger partial charge in [-0.05, 0) is 26.3 Å². The van der Waals surface area contributed by atoms with Crippen LogP contribution in [0.4, 0.5) is 0 Å². The Morgan fingerprint density at radius 1 is 1.26 bits per heavy atom. The average molecular weight is 260 g/mol. The van der Waals surface area contributed by atoms with Crippen molar-refractivity contribution < 1.29 is 19.8 Å². The Morgan fingerprint density at radius 2 is 1.89 bits per heavy atom. The second-order valence-electron chi connectivity index (χ2n) is 4.96. The number of ketones is 1. The van der Waals surface area contributed by atoms with E-state index in [0.717, 1.165) is 0 Å². The van der Waals surface area contributed by atoms with Crippen molar-refractivity contribution in [3.63, 3.8) is 0 Å². The minimum Gasteiger partial charge on any atom is -0.508 e. The second-order valence-corrected chi connectivity index (χ2v) is 4.96. The number of aliphatic carboxylic acids is 1. The van der Waals surface area contributed by atoms with E-state index < -0.39 is 17.8 Å². The molecule has 4 nitrogen and oxygen atoms in total. The maximum Gasteiger partial charge on any atom is 0.332 e. The van der Waals surface area contributed by atoms with Crippen LogP contribution in [0.25, 0.3) is 0 Å². The molecule has 0 amide bonds. The molecule has 1 aromatic carbocycles. The molecule has 0 saturated heterocycles. The summed E-state index contributed by atoms with van der Waals surface area (Å²) in [5.41, 5.74) is 1.46. The molecule has 0 fully saturated rings. The van der Waals surface area contributed by atoms with Gasteiger partial charge in [-0.2, -0.15) is 0 Å². The fourth-order valence-electron chi connectivity index (χ4n) is 2.84. The molecule has 0 radical (unpaired) electrons. The molecule has 0 unspecified atom stereocenters. The molecule has 0 spiro atoms. The zero-order valence-corrected chi connectivity index (χ0v) is 10.9. The minimum atomic E-state index is -1.02. The van der Waals surface area contributed by atoms with E-state index in [0.29, 0.717) is 17.6 Å². The first kappa shape index (κ1) is 13.3. The summed E-state index contributed by atoms with van der Waals surface area (Å²) in [5.74, 6) is -2.00. The van der Waals surface area contributed by atoms with Gasteiger partial charge in [0.2, 0.25) is 0 Å². The molecule has 0 aliphatic heterocycles. The molecular formula is C15H16O4. The number of Topliss-reactive ketones (excluding diaryl/α,β-unsaturated/α-hetero) is 1. The number of benzene rings is 1. The van der Waals surface area contributed by atoms with E-state index in [1.807, 2.05) is 0 Å². The zero-order chi connectivity index (χ0) is 14.2. The second kappa shape index (κ2) is 4.88. The summed E-state index contributed by atoms with van der Waals surface area (Å²) in [4.78, 5) is 23.2. The van der Waals surface area contributed by atoms with Crippen LogP contribution in [0.2, 0.25) is 0 Å². The summed E-state index contributed by atoms with van der Waals surface area (Å²) in [7, 11) is 0. The highest BCUT2D eigenvalue weighted by Crippen LogP contribution is 2.46. The molecule has 0 aromatic heterocycles. The van der Waals surface area contributed by atoms with E-state index in [1.165, 1.54) is 13.0 Å². The maximum atomic E-state index is 11.8. The number of aromatic hydroxyl groups is 1. The molecular weight excluding hydrogens is 244 g/mol. The first-order valence-corrected chi connectivity index (χ1v) is 6.14. The first-order chi connectivity index (χ1) is 8.93. The Hall–Kier alpha value is -2.10. The summed E-state index contributed by atoms with van der Waals surface area (Å²) in [6.07, 6.45) is 0.440. The van der Waals surface area contributed by atoms with Crippen molar-refractivity contribution >= 4 is 11.8 Å². The fourth-order valence-corrected chi connectivity index (χ4v) is 2.84. The van der Waals surface area contributed by atoms with Gasteiger partial charge in [-0.1, -0.05) is 23.8 Å². The first-order valence-electron chi connectivity index (χ1n) is 6.14. The summed E-state index contributed by atoms with van der Waals surface area (Å²) < 4.78 is 0. The van der Waals surface area contributed by atoms with Crippen LogP contribution in [-0.2, 0) is 9.59 Å². The summed E-state index contributed by atoms with van der Waals surface area (Å²) in [6, 6.07) is 6.60. The third kappa shape index (κ3) is 2.26. The summed E-state index contributed by atoms with van der Waals surface area (Å²) >= 11 is 0. The van der Waals surface area contributed by atoms with Crippen molar-refractivity contribution in [2.24, 2.45) is 5.92 Å². The number of carbonyl (C=O) groups is 2. The Bertz CT molecular complexity index is 571. The number of carboxylic acid groups (broad SMARTS) is 1. The standard InChI is InChI=1S/C15H16O4/c1-8-7-11(9(2)16)14(13(8)15(18)19)10-5-3-4-6-12(10)17/h3-6,11,14,17H,7H2,1-2H3,(H,18,19)/t11-,14-/m1/s1. The van der Waals surface area contributed by atoms with Crippen LogP contribution < -0.4 is 0 Å². The average Bonchev–Trinajstić information content (AvgIpc) is 2.67. The molecule has 1 aliphatic rings. The van der Waals surface area contributed by atoms with Gasteiger partial charge in [0, 0.05) is 23.0 Å². The van der Waals surface area contributed by atoms with Gasteiger partial charge in [0.15, 0.2) is 0 Å². The summed E-state index contributed by atoms with van der Waals surface area (Å²) in [6.45, 7) is 3.20. The van der Waals surface area contributed by atoms with Gasteiger partial charge in [-0.15, -0.1) is 0 Å². The highest BCUT2D eigenvalue weighted by Gasteiger charge is 2.41. The SMILES string of the molecule is CC(=O)[C@H]1CC(C)=C(C(=O)O)[C@@H]1c1ccccc1O. The smallest absolute Gasteiger partial charge is 0.332 e. The van der Waals surface area contributed by atoms with Crippen LogP contribution in [0.3, 0.4) is 0 Å². The number of para-hydroxylation sites is 1. The van der Waals surface area contributed by atoms with Crippen molar-refractivity contribution in [3.8, 4) is 5.75 Å². The highest BCUT2D eigenvalue weighted by atomic mass is 16.4. The normalized spacial score (nSPS) is 22.6. The van der Waals surface area contributed by atoms with Crippen LogP contribution in [-0.4, -0.2) is 22.0 Å². The van der Waals surface area contributed by atoms with Gasteiger partial charge in [-0.3, -0.25) is 4.79 Å². The Labute approximate surface area is 111 Å². The Morgan fingerprint density at radius 3 is 2.42 bits per heavy atom. The van der Waals surface area contributed by atoms with Crippen LogP contribution in [0, 0.1) is 5.92 Å². The van der Waals surface area contributed by atoms with Gasteiger partial charge >= 0.3 is 5.97 Å². The lowest BCUT2D eigenvalue weighted by Crippen LogP contribution is -2.20. The number of hydrogen-bond acceptors (Lipinski definition) is 3. The van der Waals surface area contributed by atoms with Gasteiger partial charge in [-0.25, -0.2) is 4.79 Å². The van der Waals surface area contributed by atoms with Crippen molar-refractivity contribution in [2.75, 3.05) is 0 Å². The fraction of sp³-hybridized carbons (Fsp3) is 0.333. The largest absolute Gasteiger partial charge is 0.508 e. The maximum absolute atomic E-state index is 11.8. The third-order valence-corrected chi connectivity index (χ3v) is 3.72. The number of allylic oxidation sites excluding steroid dienone is 1. The van der Waals surface area contributed by atoms with Crippen LogP contribution in [0.1, 0.15) is 31.7 Å². The molecule has 1 aliphatic carbocycles. The molecule has 2 N–H and O–H groups in total. The number of carbonyl (C=O) groups excluding carboxylic acids is 1. The summed E-state index contributed by atoms with van der Waals surface area (Å²) in [5, 5.41) is 19.3. The van der Waals surface area contributed by atoms with E-state index in [9.17, 15) is 19.8 Å². The Balaban J connectivity index is 2.57. The van der Waals surface area contributed by atoms with Gasteiger partial charge in [0.25, 0.3) is 0 Å². The van der Waals surface area contributed by atoms with Crippen molar-refractivity contribution in [1.82, 2.24) is 0 Å². The van der Waals surface area contributed by atoms with Crippen molar-refractivity contribution in [1.29, 1.82) is 0 Å². The van der Waals surface area contributed by atoms with Crippen LogP contribution >= 0.6 is 0 Å². The molecule has 2 atom stereocenters. The van der Waals surface area contributed by atoms with E-state index >= 15 is 0 Å². The third-order valence-electron chi connectivity index (χ3n) is 3.72. The Kier molecular flexibility index (Phi) is 3.42. The predicted molar refractivity (Wildman–Crippen MR) is 70.0 cm³/mol. The van der Waals surface area contributed by atoms with Gasteiger partial charge in [0.05, 0.1) is 0 Å². The molecule has 100 valence electrons. The van der Waals surface area contributed by atoms with Gasteiger partial charge in [0.1, 0.15) is 11.5 Å². The molecule has 4 heteroatoms.